The Morgan fingerprint density at radius 2 is 2.15 bits per heavy atom. The molecule has 0 aliphatic carbocycles. The van der Waals surface area contributed by atoms with E-state index in [2.05, 4.69) is 27.2 Å². The van der Waals surface area contributed by atoms with Crippen LogP contribution in [0.4, 0.5) is 0 Å². The second-order valence-electron chi connectivity index (χ2n) is 4.78. The average molecular weight is 289 g/mol. The maximum atomic E-state index is 6.12. The predicted molar refractivity (Wildman–Crippen MR) is 81.8 cm³/mol. The van der Waals surface area contributed by atoms with E-state index in [1.165, 1.54) is 0 Å². The van der Waals surface area contributed by atoms with Crippen LogP contribution in [0.5, 0.6) is 0 Å². The van der Waals surface area contributed by atoms with Gasteiger partial charge < -0.3 is 14.9 Å². The number of rotatable bonds is 4. The van der Waals surface area contributed by atoms with Gasteiger partial charge >= 0.3 is 0 Å². The Labute approximate surface area is 122 Å². The molecule has 0 saturated carbocycles. The molecule has 0 amide bonds. The van der Waals surface area contributed by atoms with E-state index in [1.54, 1.807) is 0 Å². The lowest BCUT2D eigenvalue weighted by Gasteiger charge is -2.07. The van der Waals surface area contributed by atoms with Gasteiger partial charge in [-0.3, -0.25) is 0 Å². The Kier molecular flexibility index (Phi) is 3.51. The van der Waals surface area contributed by atoms with E-state index in [0.29, 0.717) is 6.54 Å². The molecular weight excluding hydrogens is 272 g/mol. The van der Waals surface area contributed by atoms with Gasteiger partial charge in [0.05, 0.1) is 12.1 Å². The summed E-state index contributed by atoms with van der Waals surface area (Å²) in [6, 6.07) is 5.91. The number of hydrogen-bond acceptors (Lipinski definition) is 2. The molecule has 20 heavy (non-hydrogen) atoms. The molecule has 2 N–H and O–H groups in total. The minimum absolute atomic E-state index is 0.521. The molecule has 0 aliphatic rings. The van der Waals surface area contributed by atoms with Crippen molar-refractivity contribution in [2.45, 2.75) is 26.6 Å². The van der Waals surface area contributed by atoms with Crippen molar-refractivity contribution in [2.24, 2.45) is 5.73 Å². The zero-order valence-electron chi connectivity index (χ0n) is 11.4. The van der Waals surface area contributed by atoms with Crippen LogP contribution in [0.3, 0.4) is 0 Å². The fraction of sp³-hybridized carbons (Fsp3) is 0.267. The first kappa shape index (κ1) is 13.2. The molecule has 0 atom stereocenters. The van der Waals surface area contributed by atoms with Crippen LogP contribution in [-0.4, -0.2) is 14.1 Å². The van der Waals surface area contributed by atoms with Gasteiger partial charge in [-0.25, -0.2) is 4.98 Å². The highest BCUT2D eigenvalue weighted by Gasteiger charge is 2.10. The van der Waals surface area contributed by atoms with Crippen molar-refractivity contribution in [3.05, 3.63) is 53.2 Å². The first-order valence-corrected chi connectivity index (χ1v) is 7.08. The van der Waals surface area contributed by atoms with Gasteiger partial charge in [0.1, 0.15) is 5.82 Å². The van der Waals surface area contributed by atoms with Gasteiger partial charge in [-0.15, -0.1) is 0 Å². The van der Waals surface area contributed by atoms with E-state index in [4.69, 9.17) is 17.3 Å². The lowest BCUT2D eigenvalue weighted by Crippen LogP contribution is -2.06. The van der Waals surface area contributed by atoms with E-state index in [1.807, 2.05) is 30.6 Å². The van der Waals surface area contributed by atoms with Crippen molar-refractivity contribution in [1.82, 2.24) is 14.1 Å². The average Bonchev–Trinajstić information content (AvgIpc) is 3.03. The Morgan fingerprint density at radius 1 is 1.30 bits per heavy atom. The van der Waals surface area contributed by atoms with E-state index in [9.17, 15) is 0 Å². The third kappa shape index (κ3) is 2.21. The monoisotopic (exact) mass is 288 g/mol. The summed E-state index contributed by atoms with van der Waals surface area (Å²) in [5.41, 5.74) is 8.06. The summed E-state index contributed by atoms with van der Waals surface area (Å²) in [5, 5.41) is 1.89. The number of aromatic nitrogens is 3. The summed E-state index contributed by atoms with van der Waals surface area (Å²) in [5.74, 6) is 1.04. The van der Waals surface area contributed by atoms with Gasteiger partial charge in [-0.05, 0) is 24.6 Å². The quantitative estimate of drug-likeness (QED) is 0.802. The van der Waals surface area contributed by atoms with Crippen LogP contribution in [0.1, 0.15) is 18.3 Å². The number of halogens is 1. The topological polar surface area (TPSA) is 48.8 Å². The Hall–Kier alpha value is -1.78. The van der Waals surface area contributed by atoms with Crippen molar-refractivity contribution >= 4 is 22.5 Å². The number of nitrogens with zero attached hydrogens (tertiary/aromatic N) is 3. The molecule has 5 heteroatoms. The Bertz CT molecular complexity index is 741. The zero-order chi connectivity index (χ0) is 14.1. The number of fused-ring (bicyclic) bond motifs is 1. The highest BCUT2D eigenvalue weighted by atomic mass is 35.5. The smallest absolute Gasteiger partial charge is 0.128 e. The largest absolute Gasteiger partial charge is 0.340 e. The van der Waals surface area contributed by atoms with Crippen molar-refractivity contribution in [3.63, 3.8) is 0 Å². The molecule has 104 valence electrons. The van der Waals surface area contributed by atoms with E-state index in [0.717, 1.165) is 40.4 Å². The Morgan fingerprint density at radius 3 is 2.90 bits per heavy atom. The maximum Gasteiger partial charge on any atom is 0.128 e. The highest BCUT2D eigenvalue weighted by Crippen LogP contribution is 2.25. The van der Waals surface area contributed by atoms with Crippen molar-refractivity contribution in [1.29, 1.82) is 0 Å². The molecule has 3 aromatic rings. The minimum atomic E-state index is 0.521. The van der Waals surface area contributed by atoms with Crippen LogP contribution in [0.2, 0.25) is 5.02 Å². The van der Waals surface area contributed by atoms with Crippen LogP contribution in [-0.2, 0) is 19.6 Å². The molecule has 0 saturated heterocycles. The predicted octanol–water partition coefficient (Wildman–Crippen LogP) is 3.02. The lowest BCUT2D eigenvalue weighted by atomic mass is 10.2. The summed E-state index contributed by atoms with van der Waals surface area (Å²) < 4.78 is 4.30. The van der Waals surface area contributed by atoms with Gasteiger partial charge in [-0.1, -0.05) is 17.7 Å². The summed E-state index contributed by atoms with van der Waals surface area (Å²) in [6.45, 7) is 4.27. The van der Waals surface area contributed by atoms with Crippen LogP contribution >= 0.6 is 11.6 Å². The first-order valence-electron chi connectivity index (χ1n) is 6.70. The molecule has 1 aromatic carbocycles. The number of benzene rings is 1. The summed E-state index contributed by atoms with van der Waals surface area (Å²) in [7, 11) is 0. The zero-order valence-corrected chi connectivity index (χ0v) is 12.1. The maximum absolute atomic E-state index is 6.12. The third-order valence-corrected chi connectivity index (χ3v) is 3.84. The number of aryl methyl sites for hydroxylation is 1. The molecule has 0 fully saturated rings. The van der Waals surface area contributed by atoms with Crippen LogP contribution in [0.25, 0.3) is 10.9 Å². The first-order chi connectivity index (χ1) is 9.72. The van der Waals surface area contributed by atoms with E-state index < -0.39 is 0 Å². The minimum Gasteiger partial charge on any atom is -0.340 e. The molecule has 2 heterocycles. The van der Waals surface area contributed by atoms with E-state index in [-0.39, 0.29) is 0 Å². The molecule has 0 bridgehead atoms. The van der Waals surface area contributed by atoms with Gasteiger partial charge in [-0.2, -0.15) is 0 Å². The second kappa shape index (κ2) is 5.31. The van der Waals surface area contributed by atoms with Gasteiger partial charge in [0.25, 0.3) is 0 Å². The standard InChI is InChI=1S/C15H17ClN4/c1-2-19-6-5-18-15(19)10-20-9-11(8-17)13-4-3-12(16)7-14(13)20/h3-7,9H,2,8,10,17H2,1H3. The second-order valence-corrected chi connectivity index (χ2v) is 5.21. The van der Waals surface area contributed by atoms with Crippen molar-refractivity contribution in [3.8, 4) is 0 Å². The van der Waals surface area contributed by atoms with Gasteiger partial charge in [0.2, 0.25) is 0 Å². The van der Waals surface area contributed by atoms with Crippen molar-refractivity contribution < 1.29 is 0 Å². The van der Waals surface area contributed by atoms with Gasteiger partial charge in [0, 0.05) is 42.1 Å². The molecule has 0 radical (unpaired) electrons. The molecule has 3 rings (SSSR count). The van der Waals surface area contributed by atoms with Crippen LogP contribution in [0, 0.1) is 0 Å². The Balaban J connectivity index is 2.09. The van der Waals surface area contributed by atoms with Crippen LogP contribution in [0.15, 0.2) is 36.8 Å². The fourth-order valence-corrected chi connectivity index (χ4v) is 2.73. The molecule has 0 unspecified atom stereocenters. The summed E-state index contributed by atoms with van der Waals surface area (Å²) in [6.07, 6.45) is 5.93. The SMILES string of the molecule is CCn1ccnc1Cn1cc(CN)c2ccc(Cl)cc21. The fourth-order valence-electron chi connectivity index (χ4n) is 2.57. The molecular formula is C15H17ClN4. The number of hydrogen-bond donors (Lipinski definition) is 1. The normalized spacial score (nSPS) is 11.3. The van der Waals surface area contributed by atoms with E-state index >= 15 is 0 Å². The summed E-state index contributed by atoms with van der Waals surface area (Å²) >= 11 is 6.12. The highest BCUT2D eigenvalue weighted by molar-refractivity contribution is 6.31. The third-order valence-electron chi connectivity index (χ3n) is 3.60. The number of imidazole rings is 1. The van der Waals surface area contributed by atoms with Crippen molar-refractivity contribution in [2.75, 3.05) is 0 Å². The molecule has 0 aliphatic heterocycles. The summed E-state index contributed by atoms with van der Waals surface area (Å²) in [4.78, 5) is 4.42. The van der Waals surface area contributed by atoms with Crippen LogP contribution < -0.4 is 5.73 Å². The lowest BCUT2D eigenvalue weighted by molar-refractivity contribution is 0.661. The molecule has 2 aromatic heterocycles. The number of nitrogens with two attached hydrogens (primary N) is 1. The molecule has 0 spiro atoms. The molecule has 4 nitrogen and oxygen atoms in total. The van der Waals surface area contributed by atoms with Gasteiger partial charge in [0.15, 0.2) is 0 Å².